The monoisotopic (exact) mass is 540 g/mol. The summed E-state index contributed by atoms with van der Waals surface area (Å²) < 4.78 is 14.8. The van der Waals surface area contributed by atoms with Gasteiger partial charge in [0, 0.05) is 42.8 Å². The van der Waals surface area contributed by atoms with Crippen LogP contribution in [0.25, 0.3) is 0 Å². The van der Waals surface area contributed by atoms with Gasteiger partial charge in [-0.15, -0.1) is 10.2 Å². The summed E-state index contributed by atoms with van der Waals surface area (Å²) in [7, 11) is 1.90. The van der Waals surface area contributed by atoms with Crippen molar-refractivity contribution >= 4 is 29.3 Å². The number of amides is 1. The number of rotatable bonds is 11. The molecule has 11 heteroatoms. The molecule has 1 aromatic heterocycles. The van der Waals surface area contributed by atoms with E-state index in [9.17, 15) is 14.7 Å². The number of benzene rings is 2. The van der Waals surface area contributed by atoms with E-state index in [0.717, 1.165) is 21.8 Å². The zero-order valence-electron chi connectivity index (χ0n) is 21.3. The lowest BCUT2D eigenvalue weighted by Gasteiger charge is -2.41. The number of carboxylic acid groups (broad SMARTS) is 1. The molecule has 1 aliphatic rings. The van der Waals surface area contributed by atoms with Crippen LogP contribution in [0.2, 0.25) is 0 Å². The van der Waals surface area contributed by atoms with Gasteiger partial charge in [0.05, 0.1) is 18.8 Å². The van der Waals surface area contributed by atoms with Crippen LogP contribution in [0, 0.1) is 5.92 Å². The lowest BCUT2D eigenvalue weighted by molar-refractivity contribution is -0.268. The summed E-state index contributed by atoms with van der Waals surface area (Å²) in [5, 5.41) is 30.0. The fourth-order valence-corrected chi connectivity index (χ4v) is 5.31. The molecule has 4 atom stereocenters. The predicted octanol–water partition coefficient (Wildman–Crippen LogP) is 4.08. The highest BCUT2D eigenvalue weighted by atomic mass is 32.2. The van der Waals surface area contributed by atoms with Gasteiger partial charge in [-0.25, -0.2) is 0 Å². The molecule has 3 aromatic rings. The predicted molar refractivity (Wildman–Crippen MR) is 141 cm³/mol. The fraction of sp³-hybridized carbons (Fsp3) is 0.407. The van der Waals surface area contributed by atoms with Crippen molar-refractivity contribution in [1.82, 2.24) is 14.8 Å². The lowest BCUT2D eigenvalue weighted by Crippen LogP contribution is -2.38. The standard InChI is InChI=1S/C27H32N4O6S/c1-17-22(15-38-27-30-28-16-31(27)2)36-26(37-25(17)19-11-9-18(14-32)10-12-19)20-5-3-6-21(13-20)29-23(33)7-4-8-24(34)35/h3,5-6,9-13,16-17,22,25-26,32H,4,7-8,14-15H2,1-2H3,(H,29,33)(H,34,35). The Morgan fingerprint density at radius 3 is 2.58 bits per heavy atom. The first-order valence-corrected chi connectivity index (χ1v) is 13.4. The van der Waals surface area contributed by atoms with Crippen LogP contribution in [-0.2, 0) is 32.7 Å². The second-order valence-electron chi connectivity index (χ2n) is 9.28. The number of hydrogen-bond acceptors (Lipinski definition) is 8. The topological polar surface area (TPSA) is 136 Å². The number of ether oxygens (including phenoxy) is 2. The van der Waals surface area contributed by atoms with Gasteiger partial charge in [-0.05, 0) is 29.7 Å². The van der Waals surface area contributed by atoms with Crippen molar-refractivity contribution in [2.24, 2.45) is 13.0 Å². The summed E-state index contributed by atoms with van der Waals surface area (Å²) in [4.78, 5) is 23.0. The van der Waals surface area contributed by atoms with Crippen LogP contribution in [-0.4, -0.2) is 48.7 Å². The summed E-state index contributed by atoms with van der Waals surface area (Å²) in [5.41, 5.74) is 3.15. The minimum atomic E-state index is -0.923. The SMILES string of the molecule is CC1C(CSc2nncn2C)OC(c2cccc(NC(=O)CCCC(=O)O)c2)OC1c1ccc(CO)cc1. The smallest absolute Gasteiger partial charge is 0.303 e. The van der Waals surface area contributed by atoms with Crippen molar-refractivity contribution in [1.29, 1.82) is 0 Å². The summed E-state index contributed by atoms with van der Waals surface area (Å²) in [6, 6.07) is 15.0. The Balaban J connectivity index is 1.52. The zero-order valence-corrected chi connectivity index (χ0v) is 22.1. The first kappa shape index (κ1) is 27.8. The van der Waals surface area contributed by atoms with Crippen LogP contribution >= 0.6 is 11.8 Å². The van der Waals surface area contributed by atoms with Gasteiger partial charge in [0.15, 0.2) is 11.4 Å². The summed E-state index contributed by atoms with van der Waals surface area (Å²) >= 11 is 1.56. The van der Waals surface area contributed by atoms with E-state index in [1.807, 2.05) is 54.1 Å². The third kappa shape index (κ3) is 7.19. The number of aryl methyl sites for hydroxylation is 1. The number of carbonyl (C=O) groups is 2. The summed E-state index contributed by atoms with van der Waals surface area (Å²) in [6.07, 6.45) is 0.888. The van der Waals surface area contributed by atoms with Crippen LogP contribution in [0.5, 0.6) is 0 Å². The van der Waals surface area contributed by atoms with E-state index in [2.05, 4.69) is 22.4 Å². The second kappa shape index (κ2) is 13.0. The number of nitrogens with zero attached hydrogens (tertiary/aromatic N) is 3. The molecule has 3 N–H and O–H groups in total. The molecule has 38 heavy (non-hydrogen) atoms. The van der Waals surface area contributed by atoms with Crippen LogP contribution < -0.4 is 5.32 Å². The number of anilines is 1. The molecule has 4 rings (SSSR count). The van der Waals surface area contributed by atoms with E-state index in [-0.39, 0.29) is 49.9 Å². The van der Waals surface area contributed by atoms with Crippen LogP contribution in [0.4, 0.5) is 5.69 Å². The molecular weight excluding hydrogens is 508 g/mol. The molecule has 2 aromatic carbocycles. The molecule has 0 radical (unpaired) electrons. The van der Waals surface area contributed by atoms with Crippen molar-refractivity contribution < 1.29 is 29.3 Å². The Labute approximate surface area is 225 Å². The van der Waals surface area contributed by atoms with Crippen molar-refractivity contribution in [3.8, 4) is 0 Å². The fourth-order valence-electron chi connectivity index (χ4n) is 4.26. The van der Waals surface area contributed by atoms with Gasteiger partial charge in [-0.3, -0.25) is 9.59 Å². The Morgan fingerprint density at radius 2 is 1.89 bits per heavy atom. The number of carbonyl (C=O) groups excluding carboxylic acids is 1. The van der Waals surface area contributed by atoms with Crippen molar-refractivity contribution in [3.63, 3.8) is 0 Å². The number of thioether (sulfide) groups is 1. The van der Waals surface area contributed by atoms with E-state index in [1.165, 1.54) is 0 Å². The highest BCUT2D eigenvalue weighted by molar-refractivity contribution is 7.99. The van der Waals surface area contributed by atoms with Gasteiger partial charge >= 0.3 is 5.97 Å². The number of hydrogen-bond donors (Lipinski definition) is 3. The summed E-state index contributed by atoms with van der Waals surface area (Å²) in [5.74, 6) is -0.516. The molecule has 1 aliphatic heterocycles. The molecule has 10 nitrogen and oxygen atoms in total. The largest absolute Gasteiger partial charge is 0.481 e. The minimum Gasteiger partial charge on any atom is -0.481 e. The van der Waals surface area contributed by atoms with Gasteiger partial charge < -0.3 is 29.6 Å². The summed E-state index contributed by atoms with van der Waals surface area (Å²) in [6.45, 7) is 2.06. The Kier molecular flexibility index (Phi) is 9.51. The first-order chi connectivity index (χ1) is 18.3. The molecule has 0 aliphatic carbocycles. The third-order valence-electron chi connectivity index (χ3n) is 6.41. The van der Waals surface area contributed by atoms with Crippen molar-refractivity contribution in [3.05, 3.63) is 71.5 Å². The average Bonchev–Trinajstić information content (AvgIpc) is 3.32. The molecule has 1 saturated heterocycles. The normalized spacial score (nSPS) is 21.2. The number of aliphatic hydroxyl groups is 1. The third-order valence-corrected chi connectivity index (χ3v) is 7.53. The van der Waals surface area contributed by atoms with Crippen LogP contribution in [0.1, 0.15) is 55.3 Å². The number of carboxylic acids is 1. The highest BCUT2D eigenvalue weighted by Crippen LogP contribution is 2.43. The zero-order chi connectivity index (χ0) is 27.1. The molecule has 1 amide bonds. The molecule has 202 valence electrons. The minimum absolute atomic E-state index is 0.0177. The molecule has 0 bridgehead atoms. The quantitative estimate of drug-likeness (QED) is 0.307. The molecule has 4 unspecified atom stereocenters. The maximum atomic E-state index is 12.3. The van der Waals surface area contributed by atoms with Gasteiger partial charge in [0.2, 0.25) is 5.91 Å². The first-order valence-electron chi connectivity index (χ1n) is 12.4. The molecule has 2 heterocycles. The Bertz CT molecular complexity index is 1230. The Hall–Kier alpha value is -3.25. The maximum absolute atomic E-state index is 12.3. The number of aromatic nitrogens is 3. The average molecular weight is 541 g/mol. The van der Waals surface area contributed by atoms with Crippen LogP contribution in [0.3, 0.4) is 0 Å². The van der Waals surface area contributed by atoms with E-state index in [4.69, 9.17) is 14.6 Å². The van der Waals surface area contributed by atoms with Gasteiger partial charge in [-0.1, -0.05) is 55.1 Å². The van der Waals surface area contributed by atoms with E-state index < -0.39 is 12.3 Å². The van der Waals surface area contributed by atoms with E-state index in [1.54, 1.807) is 24.2 Å². The number of aliphatic hydroxyl groups excluding tert-OH is 1. The number of aliphatic carboxylic acids is 1. The molecule has 0 spiro atoms. The molecule has 1 fully saturated rings. The molecule has 0 saturated carbocycles. The van der Waals surface area contributed by atoms with Gasteiger partial charge in [0.25, 0.3) is 0 Å². The second-order valence-corrected chi connectivity index (χ2v) is 10.3. The van der Waals surface area contributed by atoms with Crippen molar-refractivity contribution in [2.75, 3.05) is 11.1 Å². The van der Waals surface area contributed by atoms with Crippen LogP contribution in [0.15, 0.2) is 60.0 Å². The Morgan fingerprint density at radius 1 is 1.11 bits per heavy atom. The lowest BCUT2D eigenvalue weighted by atomic mass is 9.91. The molecular formula is C27H32N4O6S. The van der Waals surface area contributed by atoms with Gasteiger partial charge in [-0.2, -0.15) is 0 Å². The maximum Gasteiger partial charge on any atom is 0.303 e. The van der Waals surface area contributed by atoms with Gasteiger partial charge in [0.1, 0.15) is 6.33 Å². The van der Waals surface area contributed by atoms with E-state index in [0.29, 0.717) is 11.4 Å². The highest BCUT2D eigenvalue weighted by Gasteiger charge is 2.38. The number of nitrogens with one attached hydrogen (secondary N) is 1. The van der Waals surface area contributed by atoms with Crippen molar-refractivity contribution in [2.45, 2.75) is 56.4 Å². The van der Waals surface area contributed by atoms with E-state index >= 15 is 0 Å².